The van der Waals surface area contributed by atoms with Crippen LogP contribution in [-0.4, -0.2) is 25.2 Å². The minimum atomic E-state index is -0.580. The lowest BCUT2D eigenvalue weighted by Crippen LogP contribution is -2.52. The third kappa shape index (κ3) is 4.46. The Morgan fingerprint density at radius 3 is 2.62 bits per heavy atom. The summed E-state index contributed by atoms with van der Waals surface area (Å²) in [6, 6.07) is 15.8. The molecule has 1 atom stereocenters. The summed E-state index contributed by atoms with van der Waals surface area (Å²) in [5.41, 5.74) is 1.76. The Kier molecular flexibility index (Phi) is 5.99. The highest BCUT2D eigenvalue weighted by Crippen LogP contribution is 2.33. The van der Waals surface area contributed by atoms with Gasteiger partial charge in [0.05, 0.1) is 5.54 Å². The zero-order valence-corrected chi connectivity index (χ0v) is 16.7. The van der Waals surface area contributed by atoms with Crippen LogP contribution in [0.2, 0.25) is 0 Å². The van der Waals surface area contributed by atoms with Crippen LogP contribution in [0, 0.1) is 6.92 Å². The Morgan fingerprint density at radius 2 is 1.92 bits per heavy atom. The van der Waals surface area contributed by atoms with E-state index >= 15 is 0 Å². The predicted octanol–water partition coefficient (Wildman–Crippen LogP) is 4.35. The Balaban J connectivity index is 1.77. The van der Waals surface area contributed by atoms with Crippen LogP contribution in [-0.2, 0) is 15.1 Å². The summed E-state index contributed by atoms with van der Waals surface area (Å²) >= 11 is 3.53. The second-order valence-electron chi connectivity index (χ2n) is 6.77. The summed E-state index contributed by atoms with van der Waals surface area (Å²) in [6.45, 7) is 5.04. The van der Waals surface area contributed by atoms with E-state index in [9.17, 15) is 4.79 Å². The molecule has 0 aliphatic carbocycles. The summed E-state index contributed by atoms with van der Waals surface area (Å²) in [4.78, 5) is 12.9. The van der Waals surface area contributed by atoms with Crippen molar-refractivity contribution in [3.05, 3.63) is 64.1 Å². The van der Waals surface area contributed by atoms with Crippen molar-refractivity contribution in [2.75, 3.05) is 13.2 Å². The zero-order valence-electron chi connectivity index (χ0n) is 15.1. The van der Waals surface area contributed by atoms with Gasteiger partial charge in [-0.1, -0.05) is 40.2 Å². The summed E-state index contributed by atoms with van der Waals surface area (Å²) in [5, 5.41) is 3.25. The Labute approximate surface area is 163 Å². The lowest BCUT2D eigenvalue weighted by atomic mass is 9.82. The van der Waals surface area contributed by atoms with Crippen molar-refractivity contribution in [2.45, 2.75) is 38.3 Å². The molecule has 1 unspecified atom stereocenters. The van der Waals surface area contributed by atoms with Gasteiger partial charge in [-0.2, -0.15) is 0 Å². The van der Waals surface area contributed by atoms with E-state index in [1.54, 1.807) is 6.92 Å². The van der Waals surface area contributed by atoms with Gasteiger partial charge >= 0.3 is 0 Å². The smallest absolute Gasteiger partial charge is 0.261 e. The van der Waals surface area contributed by atoms with Crippen LogP contribution in [0.3, 0.4) is 0 Å². The molecule has 0 radical (unpaired) electrons. The van der Waals surface area contributed by atoms with E-state index in [1.807, 2.05) is 43.3 Å². The van der Waals surface area contributed by atoms with Crippen molar-refractivity contribution < 1.29 is 14.3 Å². The highest BCUT2D eigenvalue weighted by atomic mass is 79.9. The largest absolute Gasteiger partial charge is 0.481 e. The molecule has 1 aliphatic rings. The first-order valence-electron chi connectivity index (χ1n) is 8.88. The van der Waals surface area contributed by atoms with E-state index in [0.29, 0.717) is 19.0 Å². The fourth-order valence-corrected chi connectivity index (χ4v) is 3.67. The second kappa shape index (κ2) is 8.23. The maximum Gasteiger partial charge on any atom is 0.261 e. The molecule has 4 nitrogen and oxygen atoms in total. The molecule has 0 saturated carbocycles. The van der Waals surface area contributed by atoms with Gasteiger partial charge in [-0.15, -0.1) is 0 Å². The standard InChI is InChI=1S/C21H24BrNO3/c1-15-5-3-8-19(13-15)26-16(2)20(24)23-21(9-11-25-12-10-21)17-6-4-7-18(22)14-17/h3-8,13-14,16H,9-12H2,1-2H3,(H,23,24). The van der Waals surface area contributed by atoms with Gasteiger partial charge in [-0.3, -0.25) is 4.79 Å². The highest BCUT2D eigenvalue weighted by Gasteiger charge is 2.37. The molecule has 1 fully saturated rings. The van der Waals surface area contributed by atoms with E-state index < -0.39 is 11.6 Å². The summed E-state index contributed by atoms with van der Waals surface area (Å²) in [6.07, 6.45) is 0.905. The molecule has 3 rings (SSSR count). The second-order valence-corrected chi connectivity index (χ2v) is 7.69. The van der Waals surface area contributed by atoms with Crippen LogP contribution in [0.4, 0.5) is 0 Å². The number of halogens is 1. The number of hydrogen-bond donors (Lipinski definition) is 1. The van der Waals surface area contributed by atoms with Gasteiger partial charge in [0.15, 0.2) is 6.10 Å². The molecule has 138 valence electrons. The summed E-state index contributed by atoms with van der Waals surface area (Å²) in [7, 11) is 0. The van der Waals surface area contributed by atoms with Crippen LogP contribution in [0.15, 0.2) is 53.0 Å². The average molecular weight is 418 g/mol. The maximum atomic E-state index is 12.9. The topological polar surface area (TPSA) is 47.6 Å². The molecule has 26 heavy (non-hydrogen) atoms. The molecule has 0 bridgehead atoms. The van der Waals surface area contributed by atoms with E-state index in [0.717, 1.165) is 28.4 Å². The Hall–Kier alpha value is -1.85. The van der Waals surface area contributed by atoms with E-state index in [1.165, 1.54) is 0 Å². The lowest BCUT2D eigenvalue weighted by Gasteiger charge is -2.39. The first kappa shape index (κ1) is 18.9. The number of rotatable bonds is 5. The third-order valence-corrected chi connectivity index (χ3v) is 5.25. The van der Waals surface area contributed by atoms with Gasteiger partial charge in [-0.05, 0) is 62.1 Å². The van der Waals surface area contributed by atoms with E-state index in [-0.39, 0.29) is 5.91 Å². The zero-order chi connectivity index (χ0) is 18.6. The number of aryl methyl sites for hydroxylation is 1. The molecular formula is C21H24BrNO3. The van der Waals surface area contributed by atoms with Crippen LogP contribution in [0.25, 0.3) is 0 Å². The van der Waals surface area contributed by atoms with Crippen LogP contribution >= 0.6 is 15.9 Å². The number of benzene rings is 2. The minimum absolute atomic E-state index is 0.117. The van der Waals surface area contributed by atoms with Gasteiger partial charge in [0.2, 0.25) is 0 Å². The van der Waals surface area contributed by atoms with Crippen molar-refractivity contribution in [3.63, 3.8) is 0 Å². The molecule has 0 spiro atoms. The molecule has 1 saturated heterocycles. The van der Waals surface area contributed by atoms with Crippen LogP contribution in [0.5, 0.6) is 5.75 Å². The molecule has 2 aromatic carbocycles. The van der Waals surface area contributed by atoms with Crippen molar-refractivity contribution >= 4 is 21.8 Å². The molecule has 1 N–H and O–H groups in total. The fraction of sp³-hybridized carbons (Fsp3) is 0.381. The van der Waals surface area contributed by atoms with Crippen molar-refractivity contribution in [1.29, 1.82) is 0 Å². The normalized spacial score (nSPS) is 17.3. The minimum Gasteiger partial charge on any atom is -0.481 e. The molecule has 1 amide bonds. The summed E-state index contributed by atoms with van der Waals surface area (Å²) in [5.74, 6) is 0.588. The van der Waals surface area contributed by atoms with Crippen molar-refractivity contribution in [3.8, 4) is 5.75 Å². The van der Waals surface area contributed by atoms with Gasteiger partial charge < -0.3 is 14.8 Å². The van der Waals surface area contributed by atoms with E-state index in [4.69, 9.17) is 9.47 Å². The molecule has 2 aromatic rings. The number of carbonyl (C=O) groups is 1. The SMILES string of the molecule is Cc1cccc(OC(C)C(=O)NC2(c3cccc(Br)c3)CCOCC2)c1. The van der Waals surface area contributed by atoms with E-state index in [2.05, 4.69) is 33.4 Å². The van der Waals surface area contributed by atoms with Crippen LogP contribution in [0.1, 0.15) is 30.9 Å². The first-order chi connectivity index (χ1) is 12.5. The number of carbonyl (C=O) groups excluding carboxylic acids is 1. The monoisotopic (exact) mass is 417 g/mol. The number of nitrogens with one attached hydrogen (secondary N) is 1. The van der Waals surface area contributed by atoms with Gasteiger partial charge in [0.25, 0.3) is 5.91 Å². The number of hydrogen-bond acceptors (Lipinski definition) is 3. The molecule has 1 heterocycles. The summed E-state index contributed by atoms with van der Waals surface area (Å²) < 4.78 is 12.4. The molecule has 1 aliphatic heterocycles. The highest BCUT2D eigenvalue weighted by molar-refractivity contribution is 9.10. The number of ether oxygens (including phenoxy) is 2. The lowest BCUT2D eigenvalue weighted by molar-refractivity contribution is -0.130. The van der Waals surface area contributed by atoms with Gasteiger partial charge in [0.1, 0.15) is 5.75 Å². The average Bonchev–Trinajstić information content (AvgIpc) is 2.62. The van der Waals surface area contributed by atoms with Crippen molar-refractivity contribution in [2.24, 2.45) is 0 Å². The van der Waals surface area contributed by atoms with Gasteiger partial charge in [-0.25, -0.2) is 0 Å². The maximum absolute atomic E-state index is 12.9. The van der Waals surface area contributed by atoms with Gasteiger partial charge in [0, 0.05) is 17.7 Å². The van der Waals surface area contributed by atoms with Crippen molar-refractivity contribution in [1.82, 2.24) is 5.32 Å². The molecular weight excluding hydrogens is 394 g/mol. The quantitative estimate of drug-likeness (QED) is 0.786. The molecule has 0 aromatic heterocycles. The Bertz CT molecular complexity index is 771. The van der Waals surface area contributed by atoms with Crippen LogP contribution < -0.4 is 10.1 Å². The first-order valence-corrected chi connectivity index (χ1v) is 9.67. The fourth-order valence-electron chi connectivity index (χ4n) is 3.28. The predicted molar refractivity (Wildman–Crippen MR) is 105 cm³/mol. The third-order valence-electron chi connectivity index (χ3n) is 4.76. The Morgan fingerprint density at radius 1 is 1.19 bits per heavy atom. The molecule has 5 heteroatoms. The number of amides is 1.